The van der Waals surface area contributed by atoms with Gasteiger partial charge in [0.05, 0.1) is 23.4 Å². The maximum Gasteiger partial charge on any atom is 0.308 e. The lowest BCUT2D eigenvalue weighted by molar-refractivity contribution is -0.131. The maximum atomic E-state index is 14.4. The third-order valence-electron chi connectivity index (χ3n) is 6.03. The molecule has 0 atom stereocenters. The molecular formula is C27H16BrFN4O4S. The van der Waals surface area contributed by atoms with E-state index in [-0.39, 0.29) is 33.2 Å². The van der Waals surface area contributed by atoms with Crippen LogP contribution in [0.15, 0.2) is 76.0 Å². The highest BCUT2D eigenvalue weighted by atomic mass is 79.9. The third kappa shape index (κ3) is 4.00. The van der Waals surface area contributed by atoms with Crippen LogP contribution in [0.1, 0.15) is 18.1 Å². The maximum absolute atomic E-state index is 14.4. The second kappa shape index (κ2) is 9.26. The van der Waals surface area contributed by atoms with Crippen molar-refractivity contribution < 1.29 is 18.7 Å². The van der Waals surface area contributed by atoms with Crippen LogP contribution >= 0.6 is 27.3 Å². The summed E-state index contributed by atoms with van der Waals surface area (Å²) in [4.78, 5) is 44.9. The summed E-state index contributed by atoms with van der Waals surface area (Å²) in [7, 11) is 0. The van der Waals surface area contributed by atoms with E-state index >= 15 is 0 Å². The van der Waals surface area contributed by atoms with Crippen molar-refractivity contribution in [1.82, 2.24) is 14.6 Å². The van der Waals surface area contributed by atoms with Crippen molar-refractivity contribution >= 4 is 55.4 Å². The Hall–Kier alpha value is -4.22. The lowest BCUT2D eigenvalue weighted by Gasteiger charge is -2.17. The number of esters is 1. The zero-order valence-corrected chi connectivity index (χ0v) is 22.0. The number of anilines is 1. The van der Waals surface area contributed by atoms with E-state index in [1.54, 1.807) is 60.7 Å². The summed E-state index contributed by atoms with van der Waals surface area (Å²) in [5.41, 5.74) is 1.65. The summed E-state index contributed by atoms with van der Waals surface area (Å²) in [5.74, 6) is -0.843. The van der Waals surface area contributed by atoms with E-state index in [0.717, 1.165) is 20.3 Å². The molecule has 0 unspecified atom stereocenters. The van der Waals surface area contributed by atoms with Gasteiger partial charge in [0.15, 0.2) is 5.82 Å². The number of carbonyl (C=O) groups excluding carboxylic acids is 2. The Morgan fingerprint density at radius 3 is 2.58 bits per heavy atom. The lowest BCUT2D eigenvalue weighted by atomic mass is 10.1. The second-order valence-electron chi connectivity index (χ2n) is 8.48. The van der Waals surface area contributed by atoms with Gasteiger partial charge in [0.2, 0.25) is 4.96 Å². The van der Waals surface area contributed by atoms with Gasteiger partial charge in [-0.15, -0.1) is 5.10 Å². The molecule has 0 spiro atoms. The molecule has 0 saturated heterocycles. The molecule has 38 heavy (non-hydrogen) atoms. The standard InChI is InChI=1S/C27H16BrFN4O4S/c1-14(34)37-21-9-5-3-7-17(21)24-30-27-33(31-24)26(36)23(38-27)22-18-12-16(28)10-11-20(18)32(25(22)35)13-15-6-2-4-8-19(15)29/h2-12H,13H2,1H3. The Morgan fingerprint density at radius 1 is 1.05 bits per heavy atom. The molecule has 0 N–H and O–H groups in total. The number of thiazole rings is 1. The molecule has 1 aliphatic rings. The average molecular weight is 591 g/mol. The normalized spacial score (nSPS) is 14.3. The number of ether oxygens (including phenoxy) is 1. The number of aromatic nitrogens is 3. The van der Waals surface area contributed by atoms with Gasteiger partial charge in [-0.2, -0.15) is 9.50 Å². The van der Waals surface area contributed by atoms with Gasteiger partial charge >= 0.3 is 5.97 Å². The van der Waals surface area contributed by atoms with Crippen LogP contribution in [-0.4, -0.2) is 26.5 Å². The van der Waals surface area contributed by atoms with Crippen LogP contribution in [0.4, 0.5) is 10.1 Å². The number of benzene rings is 3. The van der Waals surface area contributed by atoms with Gasteiger partial charge in [-0.05, 0) is 36.4 Å². The predicted molar refractivity (Wildman–Crippen MR) is 143 cm³/mol. The quantitative estimate of drug-likeness (QED) is 0.231. The van der Waals surface area contributed by atoms with E-state index in [1.807, 2.05) is 0 Å². The molecule has 3 heterocycles. The number of halogens is 2. The fourth-order valence-electron chi connectivity index (χ4n) is 4.37. The van der Waals surface area contributed by atoms with Crippen LogP contribution in [-0.2, 0) is 16.1 Å². The third-order valence-corrected chi connectivity index (χ3v) is 7.55. The number of amides is 1. The molecule has 0 fully saturated rings. The number of carbonyl (C=O) groups is 2. The first kappa shape index (κ1) is 24.1. The molecule has 0 saturated carbocycles. The van der Waals surface area contributed by atoms with Gasteiger partial charge in [0.1, 0.15) is 16.1 Å². The minimum Gasteiger partial charge on any atom is -0.426 e. The van der Waals surface area contributed by atoms with Gasteiger partial charge in [-0.3, -0.25) is 14.4 Å². The number of para-hydroxylation sites is 1. The number of hydrogen-bond acceptors (Lipinski definition) is 7. The van der Waals surface area contributed by atoms with Crippen LogP contribution < -0.4 is 19.7 Å². The summed E-state index contributed by atoms with van der Waals surface area (Å²) in [5, 5.41) is 4.35. The molecule has 1 amide bonds. The molecule has 6 rings (SSSR count). The highest BCUT2D eigenvalue weighted by Gasteiger charge is 2.35. The topological polar surface area (TPSA) is 93.9 Å². The van der Waals surface area contributed by atoms with E-state index in [1.165, 1.54) is 17.9 Å². The van der Waals surface area contributed by atoms with Crippen molar-refractivity contribution in [3.8, 4) is 17.1 Å². The molecule has 11 heteroatoms. The first-order valence-electron chi connectivity index (χ1n) is 11.4. The molecule has 2 aromatic heterocycles. The Balaban J connectivity index is 1.50. The summed E-state index contributed by atoms with van der Waals surface area (Å²) >= 11 is 4.48. The molecule has 5 aromatic rings. The van der Waals surface area contributed by atoms with Crippen LogP contribution in [0.25, 0.3) is 21.9 Å². The SMILES string of the molecule is CC(=O)Oc1ccccc1-c1nc2sc(=C3C(=O)N(Cc4ccccc4F)c4ccc(Br)cc43)c(=O)n2n1. The number of fused-ring (bicyclic) bond motifs is 2. The first-order chi connectivity index (χ1) is 18.3. The van der Waals surface area contributed by atoms with Crippen molar-refractivity contribution in [1.29, 1.82) is 0 Å². The fourth-order valence-corrected chi connectivity index (χ4v) is 5.73. The van der Waals surface area contributed by atoms with Gasteiger partial charge in [-0.1, -0.05) is 57.6 Å². The molecule has 8 nitrogen and oxygen atoms in total. The minimum atomic E-state index is -0.504. The van der Waals surface area contributed by atoms with Gasteiger partial charge in [0, 0.05) is 22.5 Å². The van der Waals surface area contributed by atoms with E-state index in [4.69, 9.17) is 4.74 Å². The fraction of sp³-hybridized carbons (Fsp3) is 0.0741. The van der Waals surface area contributed by atoms with Gasteiger partial charge in [-0.25, -0.2) is 4.39 Å². The van der Waals surface area contributed by atoms with Crippen molar-refractivity contribution in [3.63, 3.8) is 0 Å². The Morgan fingerprint density at radius 2 is 1.82 bits per heavy atom. The monoisotopic (exact) mass is 590 g/mol. The van der Waals surface area contributed by atoms with Crippen molar-refractivity contribution in [2.75, 3.05) is 4.90 Å². The number of nitrogens with zero attached hydrogens (tertiary/aromatic N) is 4. The van der Waals surface area contributed by atoms with Crippen LogP contribution in [0.3, 0.4) is 0 Å². The Kier molecular flexibility index (Phi) is 5.88. The molecule has 3 aromatic carbocycles. The molecular weight excluding hydrogens is 575 g/mol. The highest BCUT2D eigenvalue weighted by molar-refractivity contribution is 9.10. The summed E-state index contributed by atoms with van der Waals surface area (Å²) in [6.07, 6.45) is 0. The van der Waals surface area contributed by atoms with Crippen LogP contribution in [0, 0.1) is 5.82 Å². The summed E-state index contributed by atoms with van der Waals surface area (Å²) < 4.78 is 21.7. The molecule has 1 aliphatic heterocycles. The van der Waals surface area contributed by atoms with Crippen molar-refractivity contribution in [2.24, 2.45) is 0 Å². The Labute approximate surface area is 226 Å². The van der Waals surface area contributed by atoms with Crippen LogP contribution in [0.2, 0.25) is 0 Å². The Bertz CT molecular complexity index is 1900. The second-order valence-corrected chi connectivity index (χ2v) is 10.4. The molecule has 0 radical (unpaired) electrons. The zero-order valence-electron chi connectivity index (χ0n) is 19.6. The van der Waals surface area contributed by atoms with Crippen molar-refractivity contribution in [2.45, 2.75) is 13.5 Å². The molecule has 188 valence electrons. The van der Waals surface area contributed by atoms with E-state index in [9.17, 15) is 18.8 Å². The number of hydrogen-bond donors (Lipinski definition) is 0. The summed E-state index contributed by atoms with van der Waals surface area (Å²) in [6.45, 7) is 1.30. The largest absolute Gasteiger partial charge is 0.426 e. The highest BCUT2D eigenvalue weighted by Crippen LogP contribution is 2.38. The van der Waals surface area contributed by atoms with Crippen molar-refractivity contribution in [3.05, 3.63) is 103 Å². The minimum absolute atomic E-state index is 0.00959. The van der Waals surface area contributed by atoms with Gasteiger partial charge in [0.25, 0.3) is 11.5 Å². The predicted octanol–water partition coefficient (Wildman–Crippen LogP) is 4.11. The van der Waals surface area contributed by atoms with E-state index in [2.05, 4.69) is 26.0 Å². The zero-order chi connectivity index (χ0) is 26.6. The van der Waals surface area contributed by atoms with Crippen LogP contribution in [0.5, 0.6) is 5.75 Å². The first-order valence-corrected chi connectivity index (χ1v) is 13.0. The average Bonchev–Trinajstić information content (AvgIpc) is 3.51. The smallest absolute Gasteiger partial charge is 0.308 e. The summed E-state index contributed by atoms with van der Waals surface area (Å²) in [6, 6.07) is 18.3. The van der Waals surface area contributed by atoms with E-state index < -0.39 is 23.3 Å². The number of rotatable bonds is 4. The van der Waals surface area contributed by atoms with E-state index in [0.29, 0.717) is 22.4 Å². The molecule has 0 bridgehead atoms. The lowest BCUT2D eigenvalue weighted by Crippen LogP contribution is -2.32. The molecule has 0 aliphatic carbocycles. The van der Waals surface area contributed by atoms with Gasteiger partial charge < -0.3 is 9.64 Å².